The summed E-state index contributed by atoms with van der Waals surface area (Å²) in [6.45, 7) is 5.40. The Hall–Kier alpha value is -2.21. The van der Waals surface area contributed by atoms with Crippen LogP contribution in [-0.2, 0) is 23.7 Å². The maximum absolute atomic E-state index is 13.5. The van der Waals surface area contributed by atoms with Crippen molar-refractivity contribution < 1.29 is 69.0 Å². The first-order chi connectivity index (χ1) is 26.2. The number of ketones is 1. The highest BCUT2D eigenvalue weighted by Crippen LogP contribution is 2.69. The molecule has 7 rings (SSSR count). The van der Waals surface area contributed by atoms with Gasteiger partial charge in [-0.2, -0.15) is 0 Å². The van der Waals surface area contributed by atoms with Crippen LogP contribution in [0.15, 0.2) is 29.8 Å². The van der Waals surface area contributed by atoms with E-state index in [2.05, 4.69) is 19.9 Å². The second-order valence-corrected chi connectivity index (χ2v) is 17.4. The molecule has 0 amide bonds. The summed E-state index contributed by atoms with van der Waals surface area (Å²) in [5.74, 6) is 2.87. The number of Topliss-reactive ketones (excluding diaryl/α,β-unsaturated/α-hetero) is 1. The van der Waals surface area contributed by atoms with E-state index in [1.807, 2.05) is 18.2 Å². The van der Waals surface area contributed by atoms with Crippen LogP contribution >= 0.6 is 0 Å². The Morgan fingerprint density at radius 2 is 1.55 bits per heavy atom. The predicted molar refractivity (Wildman–Crippen MR) is 195 cm³/mol. The number of ether oxygens (including phenoxy) is 6. The average molecular weight is 777 g/mol. The SMILES string of the molecule is COc1ccc(OC)c(C2CC3C4CC=C5CC(OC6O[C@H](CO[C@@H]7O[C@H](CO)[C@@H](O)[C@H](O)C7O)[C@@H](O)[C@H](O)[C@H]6O)CCC5(C)C4CCC3(C)C2C(C)=O)c1. The minimum absolute atomic E-state index is 0.0286. The van der Waals surface area contributed by atoms with E-state index in [1.165, 1.54) is 5.57 Å². The molecule has 2 heterocycles. The molecular weight excluding hydrogens is 716 g/mol. The van der Waals surface area contributed by atoms with Crippen molar-refractivity contribution in [1.29, 1.82) is 0 Å². The van der Waals surface area contributed by atoms with E-state index in [0.717, 1.165) is 49.2 Å². The summed E-state index contributed by atoms with van der Waals surface area (Å²) in [6.07, 6.45) is -6.68. The molecule has 1 aromatic rings. The van der Waals surface area contributed by atoms with Crippen LogP contribution < -0.4 is 9.47 Å². The van der Waals surface area contributed by atoms with Gasteiger partial charge >= 0.3 is 0 Å². The first kappa shape index (κ1) is 41.0. The number of rotatable bonds is 10. The number of fused-ring (bicyclic) bond motifs is 5. The molecule has 2 aliphatic heterocycles. The molecule has 6 aliphatic rings. The van der Waals surface area contributed by atoms with Gasteiger partial charge in [0.05, 0.1) is 33.5 Å². The quantitative estimate of drug-likeness (QED) is 0.168. The smallest absolute Gasteiger partial charge is 0.186 e. The molecule has 7 N–H and O–H groups in total. The van der Waals surface area contributed by atoms with E-state index in [0.29, 0.717) is 30.6 Å². The highest BCUT2D eigenvalue weighted by atomic mass is 16.7. The van der Waals surface area contributed by atoms with Gasteiger partial charge in [0.1, 0.15) is 66.1 Å². The number of aliphatic hydroxyl groups excluding tert-OH is 7. The molecule has 0 spiro atoms. The molecule has 4 aliphatic carbocycles. The Balaban J connectivity index is 1.04. The van der Waals surface area contributed by atoms with Crippen LogP contribution in [0.25, 0.3) is 0 Å². The fourth-order valence-corrected chi connectivity index (χ4v) is 11.7. The van der Waals surface area contributed by atoms with Crippen LogP contribution in [0.4, 0.5) is 0 Å². The first-order valence-electron chi connectivity index (χ1n) is 19.9. The van der Waals surface area contributed by atoms with Crippen molar-refractivity contribution in [2.75, 3.05) is 27.4 Å². The van der Waals surface area contributed by atoms with Gasteiger partial charge in [0.25, 0.3) is 0 Å². The lowest BCUT2D eigenvalue weighted by molar-refractivity contribution is -0.336. The standard InChI is InChI=1S/C41H60O14/c1-19(43)31-25(24-15-21(50-4)7-9-28(24)51-5)16-27-23-8-6-20-14-22(10-12-40(20,2)26(23)11-13-41(27,31)3)53-39-37(49)35(47)33(45)30(55-39)18-52-38-36(48)34(46)32(44)29(17-42)54-38/h6-7,9,15,22-23,25-27,29-39,42,44-49H,8,10-14,16-18H2,1-5H3/t22?,23?,25?,26?,27?,29-,30-,31?,32-,33-,34+,35+,36?,37-,38-,39?,40?,41?/m1/s1. The molecule has 308 valence electrons. The fraction of sp³-hybridized carbons (Fsp3) is 0.780. The molecule has 2 saturated heterocycles. The summed E-state index contributed by atoms with van der Waals surface area (Å²) in [6, 6.07) is 5.88. The Bertz CT molecular complexity index is 1570. The average Bonchev–Trinajstić information content (AvgIpc) is 3.50. The van der Waals surface area contributed by atoms with Gasteiger partial charge in [0.2, 0.25) is 0 Å². The van der Waals surface area contributed by atoms with E-state index >= 15 is 0 Å². The molecule has 14 heteroatoms. The third-order valence-corrected chi connectivity index (χ3v) is 14.7. The summed E-state index contributed by atoms with van der Waals surface area (Å²) in [5.41, 5.74) is 2.15. The largest absolute Gasteiger partial charge is 0.497 e. The molecular formula is C41H60O14. The van der Waals surface area contributed by atoms with Crippen molar-refractivity contribution in [3.63, 3.8) is 0 Å². The van der Waals surface area contributed by atoms with Crippen molar-refractivity contribution >= 4 is 5.78 Å². The Labute approximate surface area is 322 Å². The number of hydrogen-bond donors (Lipinski definition) is 7. The summed E-state index contributed by atoms with van der Waals surface area (Å²) < 4.78 is 34.7. The Kier molecular flexibility index (Phi) is 11.8. The molecule has 10 unspecified atom stereocenters. The Morgan fingerprint density at radius 1 is 0.855 bits per heavy atom. The highest BCUT2D eigenvalue weighted by molar-refractivity contribution is 5.81. The van der Waals surface area contributed by atoms with Gasteiger partial charge in [-0.25, -0.2) is 0 Å². The van der Waals surface area contributed by atoms with E-state index in [1.54, 1.807) is 21.1 Å². The van der Waals surface area contributed by atoms with Crippen molar-refractivity contribution in [3.8, 4) is 11.5 Å². The molecule has 0 radical (unpaired) electrons. The lowest BCUT2D eigenvalue weighted by Gasteiger charge is -2.58. The molecule has 0 aromatic heterocycles. The van der Waals surface area contributed by atoms with Gasteiger partial charge in [0.15, 0.2) is 12.6 Å². The second-order valence-electron chi connectivity index (χ2n) is 17.4. The van der Waals surface area contributed by atoms with Gasteiger partial charge in [-0.3, -0.25) is 4.79 Å². The summed E-state index contributed by atoms with van der Waals surface area (Å²) in [4.78, 5) is 13.5. The van der Waals surface area contributed by atoms with Crippen LogP contribution in [0.1, 0.15) is 77.2 Å². The zero-order valence-corrected chi connectivity index (χ0v) is 32.4. The molecule has 1 aromatic carbocycles. The number of methoxy groups -OCH3 is 2. The third kappa shape index (κ3) is 7.07. The van der Waals surface area contributed by atoms with Crippen molar-refractivity contribution in [1.82, 2.24) is 0 Å². The number of carbonyl (C=O) groups excluding carboxylic acids is 1. The zero-order chi connectivity index (χ0) is 39.6. The molecule has 0 bridgehead atoms. The highest BCUT2D eigenvalue weighted by Gasteiger charge is 2.63. The minimum atomic E-state index is -1.65. The van der Waals surface area contributed by atoms with Crippen molar-refractivity contribution in [3.05, 3.63) is 35.4 Å². The van der Waals surface area contributed by atoms with Crippen molar-refractivity contribution in [2.24, 2.45) is 34.5 Å². The van der Waals surface area contributed by atoms with Crippen LogP contribution in [-0.4, -0.2) is 136 Å². The van der Waals surface area contributed by atoms with Gasteiger partial charge in [-0.05, 0) is 105 Å². The monoisotopic (exact) mass is 776 g/mol. The van der Waals surface area contributed by atoms with Crippen LogP contribution in [0.2, 0.25) is 0 Å². The van der Waals surface area contributed by atoms with Crippen LogP contribution in [0.3, 0.4) is 0 Å². The molecule has 14 nitrogen and oxygen atoms in total. The lowest BCUT2D eigenvalue weighted by Crippen LogP contribution is -2.62. The van der Waals surface area contributed by atoms with Crippen LogP contribution in [0.5, 0.6) is 11.5 Å². The van der Waals surface area contributed by atoms with E-state index in [4.69, 9.17) is 28.4 Å². The Morgan fingerprint density at radius 3 is 2.22 bits per heavy atom. The molecule has 18 atom stereocenters. The van der Waals surface area contributed by atoms with E-state index in [-0.39, 0.29) is 34.6 Å². The normalized spacial score (nSPS) is 46.9. The summed E-state index contributed by atoms with van der Waals surface area (Å²) in [7, 11) is 3.33. The number of benzene rings is 1. The third-order valence-electron chi connectivity index (χ3n) is 14.7. The molecule has 5 fully saturated rings. The van der Waals surface area contributed by atoms with E-state index in [9.17, 15) is 40.5 Å². The first-order valence-corrected chi connectivity index (χ1v) is 19.9. The number of allylic oxidation sites excluding steroid dienone is 1. The van der Waals surface area contributed by atoms with Gasteiger partial charge in [-0.1, -0.05) is 25.5 Å². The number of hydrogen-bond acceptors (Lipinski definition) is 14. The second kappa shape index (κ2) is 15.9. The maximum Gasteiger partial charge on any atom is 0.186 e. The predicted octanol–water partition coefficient (Wildman–Crippen LogP) is 1.57. The van der Waals surface area contributed by atoms with Crippen molar-refractivity contribution in [2.45, 2.75) is 139 Å². The summed E-state index contributed by atoms with van der Waals surface area (Å²) >= 11 is 0. The van der Waals surface area contributed by atoms with E-state index < -0.39 is 74.6 Å². The minimum Gasteiger partial charge on any atom is -0.497 e. The topological polar surface area (TPSA) is 214 Å². The van der Waals surface area contributed by atoms with Crippen LogP contribution in [0, 0.1) is 34.5 Å². The lowest BCUT2D eigenvalue weighted by atomic mass is 9.47. The number of aliphatic hydroxyl groups is 7. The molecule has 3 saturated carbocycles. The fourth-order valence-electron chi connectivity index (χ4n) is 11.7. The summed E-state index contributed by atoms with van der Waals surface area (Å²) in [5, 5.41) is 72.5. The van der Waals surface area contributed by atoms with Gasteiger partial charge in [-0.15, -0.1) is 0 Å². The zero-order valence-electron chi connectivity index (χ0n) is 32.4. The van der Waals surface area contributed by atoms with Gasteiger partial charge < -0.3 is 64.2 Å². The number of carbonyl (C=O) groups is 1. The van der Waals surface area contributed by atoms with Gasteiger partial charge in [0, 0.05) is 11.5 Å². The molecule has 55 heavy (non-hydrogen) atoms. The maximum atomic E-state index is 13.5.